The topological polar surface area (TPSA) is 77.5 Å². The van der Waals surface area contributed by atoms with Crippen molar-refractivity contribution in [1.82, 2.24) is 9.55 Å². The highest BCUT2D eigenvalue weighted by Gasteiger charge is 2.25. The molecule has 3 N–H and O–H groups in total. The Kier molecular flexibility index (Phi) is 3.23. The molecule has 0 aliphatic carbocycles. The molecule has 3 aromatic rings. The number of aromatic nitrogens is 2. The largest absolute Gasteiger partial charge is 0.496 e. The Morgan fingerprint density at radius 1 is 1.26 bits per heavy atom. The maximum absolute atomic E-state index is 5.94. The van der Waals surface area contributed by atoms with E-state index in [2.05, 4.69) is 31.2 Å². The molecule has 0 spiro atoms. The summed E-state index contributed by atoms with van der Waals surface area (Å²) in [6, 6.07) is 13.8. The number of anilines is 1. The van der Waals surface area contributed by atoms with Gasteiger partial charge in [0.15, 0.2) is 12.1 Å². The van der Waals surface area contributed by atoms with Gasteiger partial charge in [-0.25, -0.2) is 9.98 Å². The molecule has 23 heavy (non-hydrogen) atoms. The first-order valence-electron chi connectivity index (χ1n) is 7.08. The third-order valence-corrected chi connectivity index (χ3v) is 4.44. The number of imidazole rings is 1. The van der Waals surface area contributed by atoms with Crippen molar-refractivity contribution in [2.45, 2.75) is 6.17 Å². The highest BCUT2D eigenvalue weighted by Crippen LogP contribution is 2.35. The number of ether oxygens (including phenoxy) is 1. The number of hydrogen-bond acceptors (Lipinski definition) is 5. The predicted octanol–water partition coefficient (Wildman–Crippen LogP) is 3.09. The first-order chi connectivity index (χ1) is 11.2. The van der Waals surface area contributed by atoms with Crippen molar-refractivity contribution in [2.75, 3.05) is 12.4 Å². The van der Waals surface area contributed by atoms with Crippen LogP contribution in [0.15, 0.2) is 51.9 Å². The monoisotopic (exact) mass is 371 g/mol. The molecule has 0 fully saturated rings. The average Bonchev–Trinajstić information content (AvgIpc) is 2.92. The number of rotatable bonds is 2. The molecule has 1 aromatic heterocycles. The Bertz CT molecular complexity index is 933. The van der Waals surface area contributed by atoms with Crippen LogP contribution in [0.1, 0.15) is 11.7 Å². The zero-order valence-corrected chi connectivity index (χ0v) is 13.9. The lowest BCUT2D eigenvalue weighted by atomic mass is 10.1. The van der Waals surface area contributed by atoms with E-state index >= 15 is 0 Å². The molecular weight excluding hydrogens is 358 g/mol. The van der Waals surface area contributed by atoms with Gasteiger partial charge >= 0.3 is 0 Å². The van der Waals surface area contributed by atoms with Gasteiger partial charge in [0, 0.05) is 0 Å². The summed E-state index contributed by atoms with van der Waals surface area (Å²) in [5, 5.41) is 3.03. The van der Waals surface area contributed by atoms with Crippen LogP contribution in [0.4, 0.5) is 5.95 Å². The first-order valence-corrected chi connectivity index (χ1v) is 7.87. The summed E-state index contributed by atoms with van der Waals surface area (Å²) in [6.45, 7) is 0. The van der Waals surface area contributed by atoms with Crippen LogP contribution >= 0.6 is 15.9 Å². The van der Waals surface area contributed by atoms with Gasteiger partial charge in [0.2, 0.25) is 5.95 Å². The summed E-state index contributed by atoms with van der Waals surface area (Å²) in [6.07, 6.45) is -0.277. The number of halogens is 1. The van der Waals surface area contributed by atoms with Gasteiger partial charge in [0.25, 0.3) is 0 Å². The van der Waals surface area contributed by atoms with Crippen molar-refractivity contribution in [3.8, 4) is 5.75 Å². The van der Waals surface area contributed by atoms with E-state index in [1.807, 2.05) is 47.0 Å². The number of benzene rings is 2. The summed E-state index contributed by atoms with van der Waals surface area (Å²) >= 11 is 3.52. The van der Waals surface area contributed by atoms with E-state index in [-0.39, 0.29) is 6.17 Å². The number of para-hydroxylation sites is 2. The van der Waals surface area contributed by atoms with Crippen LogP contribution in [0, 0.1) is 0 Å². The van der Waals surface area contributed by atoms with Gasteiger partial charge in [-0.2, -0.15) is 0 Å². The van der Waals surface area contributed by atoms with Crippen LogP contribution in [-0.2, 0) is 0 Å². The van der Waals surface area contributed by atoms with Crippen LogP contribution in [0.3, 0.4) is 0 Å². The van der Waals surface area contributed by atoms with Crippen molar-refractivity contribution in [2.24, 2.45) is 10.7 Å². The van der Waals surface area contributed by atoms with Gasteiger partial charge in [-0.15, -0.1) is 0 Å². The molecule has 1 aliphatic heterocycles. The highest BCUT2D eigenvalue weighted by molar-refractivity contribution is 9.10. The SMILES string of the molecule is COc1ccc([C@@H]2N=C(N)Nc3nc4ccccc4n32)cc1Br. The number of aliphatic imine (C=N–C) groups is 1. The van der Waals surface area contributed by atoms with Crippen LogP contribution in [0.5, 0.6) is 5.75 Å². The Morgan fingerprint density at radius 3 is 2.87 bits per heavy atom. The number of nitrogens with two attached hydrogens (primary N) is 1. The number of guanidine groups is 1. The second kappa shape index (κ2) is 5.27. The highest BCUT2D eigenvalue weighted by atomic mass is 79.9. The lowest BCUT2D eigenvalue weighted by molar-refractivity contribution is 0.411. The molecule has 7 heteroatoms. The second-order valence-corrected chi connectivity index (χ2v) is 6.06. The molecule has 0 saturated heterocycles. The Balaban J connectivity index is 1.91. The summed E-state index contributed by atoms with van der Waals surface area (Å²) in [7, 11) is 1.64. The number of nitrogens with one attached hydrogen (secondary N) is 1. The molecule has 2 heterocycles. The van der Waals surface area contributed by atoms with Gasteiger partial charge in [0.05, 0.1) is 22.6 Å². The molecule has 116 valence electrons. The molecule has 1 atom stereocenters. The Morgan fingerprint density at radius 2 is 2.09 bits per heavy atom. The minimum absolute atomic E-state index is 0.277. The van der Waals surface area contributed by atoms with Gasteiger partial charge in [0.1, 0.15) is 5.75 Å². The molecule has 0 unspecified atom stereocenters. The smallest absolute Gasteiger partial charge is 0.212 e. The molecule has 2 aromatic carbocycles. The zero-order chi connectivity index (χ0) is 16.0. The van der Waals surface area contributed by atoms with Crippen molar-refractivity contribution in [3.63, 3.8) is 0 Å². The Labute approximate surface area is 141 Å². The summed E-state index contributed by atoms with van der Waals surface area (Å²) in [5.41, 5.74) is 8.84. The first kappa shape index (κ1) is 14.1. The fraction of sp³-hybridized carbons (Fsp3) is 0.125. The zero-order valence-electron chi connectivity index (χ0n) is 12.3. The standard InChI is InChI=1S/C16H14BrN5O/c1-23-13-7-6-9(8-10(13)17)14-20-15(18)21-16-19-11-4-2-3-5-12(11)22(14)16/h2-8,14H,1H3,(H3,18,19,20,21)/t14-/m1/s1. The molecule has 1 aliphatic rings. The third kappa shape index (κ3) is 2.24. The van der Waals surface area contributed by atoms with Gasteiger partial charge in [-0.1, -0.05) is 18.2 Å². The van der Waals surface area contributed by atoms with E-state index in [0.29, 0.717) is 11.9 Å². The predicted molar refractivity (Wildman–Crippen MR) is 93.8 cm³/mol. The van der Waals surface area contributed by atoms with Crippen molar-refractivity contribution < 1.29 is 4.74 Å². The minimum atomic E-state index is -0.277. The van der Waals surface area contributed by atoms with Crippen molar-refractivity contribution >= 4 is 38.9 Å². The van der Waals surface area contributed by atoms with Crippen LogP contribution in [-0.4, -0.2) is 22.6 Å². The molecule has 0 bridgehead atoms. The minimum Gasteiger partial charge on any atom is -0.496 e. The molecule has 0 amide bonds. The number of methoxy groups -OCH3 is 1. The lowest BCUT2D eigenvalue weighted by Gasteiger charge is -2.24. The fourth-order valence-electron chi connectivity index (χ4n) is 2.78. The van der Waals surface area contributed by atoms with E-state index < -0.39 is 0 Å². The second-order valence-electron chi connectivity index (χ2n) is 5.20. The number of nitrogens with zero attached hydrogens (tertiary/aromatic N) is 3. The fourth-order valence-corrected chi connectivity index (χ4v) is 3.34. The van der Waals surface area contributed by atoms with E-state index in [1.165, 1.54) is 0 Å². The van der Waals surface area contributed by atoms with E-state index in [4.69, 9.17) is 10.5 Å². The molecule has 0 radical (unpaired) electrons. The summed E-state index contributed by atoms with van der Waals surface area (Å²) in [4.78, 5) is 9.15. The van der Waals surface area contributed by atoms with E-state index in [9.17, 15) is 0 Å². The third-order valence-electron chi connectivity index (χ3n) is 3.82. The number of hydrogen-bond donors (Lipinski definition) is 2. The summed E-state index contributed by atoms with van der Waals surface area (Å²) < 4.78 is 8.21. The van der Waals surface area contributed by atoms with Gasteiger partial charge < -0.3 is 10.5 Å². The van der Waals surface area contributed by atoms with E-state index in [0.717, 1.165) is 26.8 Å². The maximum atomic E-state index is 5.94. The molecule has 0 saturated carbocycles. The van der Waals surface area contributed by atoms with E-state index in [1.54, 1.807) is 7.11 Å². The van der Waals surface area contributed by atoms with Crippen LogP contribution < -0.4 is 15.8 Å². The van der Waals surface area contributed by atoms with Crippen LogP contribution in [0.25, 0.3) is 11.0 Å². The molecular formula is C16H14BrN5O. The molecule has 6 nitrogen and oxygen atoms in total. The lowest BCUT2D eigenvalue weighted by Crippen LogP contribution is -2.31. The van der Waals surface area contributed by atoms with Gasteiger partial charge in [-0.05, 0) is 45.8 Å². The van der Waals surface area contributed by atoms with Gasteiger partial charge in [-0.3, -0.25) is 9.88 Å². The normalized spacial score (nSPS) is 16.6. The maximum Gasteiger partial charge on any atom is 0.212 e. The summed E-state index contributed by atoms with van der Waals surface area (Å²) in [5.74, 6) is 1.82. The number of fused-ring (bicyclic) bond motifs is 3. The average molecular weight is 372 g/mol. The van der Waals surface area contributed by atoms with Crippen molar-refractivity contribution in [1.29, 1.82) is 0 Å². The molecule has 4 rings (SSSR count). The quantitative estimate of drug-likeness (QED) is 0.725. The van der Waals surface area contributed by atoms with Crippen molar-refractivity contribution in [3.05, 3.63) is 52.5 Å². The van der Waals surface area contributed by atoms with Crippen LogP contribution in [0.2, 0.25) is 0 Å². The Hall–Kier alpha value is -2.54.